The van der Waals surface area contributed by atoms with Crippen LogP contribution in [-0.2, 0) is 21.7 Å². The van der Waals surface area contributed by atoms with Crippen LogP contribution in [0.1, 0.15) is 99.9 Å². The van der Waals surface area contributed by atoms with Crippen LogP contribution in [0, 0.1) is 0 Å². The van der Waals surface area contributed by atoms with Gasteiger partial charge >= 0.3 is 0 Å². The zero-order valence-corrected chi connectivity index (χ0v) is 79.2. The molecule has 0 amide bonds. The van der Waals surface area contributed by atoms with Gasteiger partial charge in [-0.2, -0.15) is 0 Å². The number of rotatable bonds is 10. The van der Waals surface area contributed by atoms with Crippen molar-refractivity contribution in [2.75, 3.05) is 0 Å². The molecule has 0 atom stereocenters. The quantitative estimate of drug-likeness (QED) is 0.127. The van der Waals surface area contributed by atoms with Crippen LogP contribution in [0.4, 0.5) is 0 Å². The Morgan fingerprint density at radius 2 is 0.345 bits per heavy atom. The molecule has 0 N–H and O–H groups in total. The molecule has 0 spiro atoms. The van der Waals surface area contributed by atoms with Crippen molar-refractivity contribution in [3.05, 3.63) is 439 Å². The second-order valence-corrected chi connectivity index (χ2v) is 39.8. The summed E-state index contributed by atoms with van der Waals surface area (Å²) in [5, 5.41) is 9.05. The minimum Gasteiger partial charge on any atom is -0.456 e. The third-order valence-corrected chi connectivity index (χ3v) is 30.0. The molecule has 0 saturated carbocycles. The van der Waals surface area contributed by atoms with Crippen LogP contribution >= 0.6 is 0 Å². The molecule has 13 nitrogen and oxygen atoms in total. The largest absolute Gasteiger partial charge is 0.456 e. The van der Waals surface area contributed by atoms with Gasteiger partial charge in [0.15, 0.2) is 52.4 Å². The number of hydrogen-bond acceptors (Lipinski definition) is 13. The van der Waals surface area contributed by atoms with Gasteiger partial charge in [-0.1, -0.05) is 347 Å². The van der Waals surface area contributed by atoms with Gasteiger partial charge in [0.1, 0.15) is 44.7 Å². The average Bonchev–Trinajstić information content (AvgIpc) is 1.56. The minimum absolute atomic E-state index is 0.117. The van der Waals surface area contributed by atoms with E-state index in [0.717, 1.165) is 138 Å². The molecule has 13 heteroatoms. The summed E-state index contributed by atoms with van der Waals surface area (Å²) in [7, 11) is 0. The Morgan fingerprint density at radius 1 is 0.134 bits per heavy atom. The van der Waals surface area contributed by atoms with Crippen LogP contribution in [0.25, 0.3) is 246 Å². The minimum atomic E-state index is -0.223. The highest BCUT2D eigenvalue weighted by molar-refractivity contribution is 6.11. The summed E-state index contributed by atoms with van der Waals surface area (Å²) in [6, 6.07) is 137. The molecule has 142 heavy (non-hydrogen) atoms. The third-order valence-electron chi connectivity index (χ3n) is 30.0. The summed E-state index contributed by atoms with van der Waals surface area (Å²) < 4.78 is 24.9. The molecule has 0 bridgehead atoms. The van der Waals surface area contributed by atoms with E-state index in [1.54, 1.807) is 0 Å². The van der Waals surface area contributed by atoms with Gasteiger partial charge in [0.05, 0.1) is 0 Å². The summed E-state index contributed by atoms with van der Waals surface area (Å²) in [4.78, 5) is 45.1. The monoisotopic (exact) mass is 1830 g/mol. The third kappa shape index (κ3) is 13.5. The molecule has 29 rings (SSSR count). The number of para-hydroxylation sites is 4. The first-order valence-corrected chi connectivity index (χ1v) is 48.4. The predicted molar refractivity (Wildman–Crippen MR) is 573 cm³/mol. The fourth-order valence-corrected chi connectivity index (χ4v) is 22.5. The van der Waals surface area contributed by atoms with E-state index in [4.69, 9.17) is 62.5 Å². The van der Waals surface area contributed by atoms with E-state index < -0.39 is 0 Å². The summed E-state index contributed by atoms with van der Waals surface area (Å²) in [5.41, 5.74) is 37.9. The summed E-state index contributed by atoms with van der Waals surface area (Å²) in [5.74, 6) is 5.88. The molecule has 7 aromatic heterocycles. The van der Waals surface area contributed by atoms with Crippen molar-refractivity contribution in [3.63, 3.8) is 0 Å². The number of furan rings is 4. The van der Waals surface area contributed by atoms with Crippen molar-refractivity contribution in [1.82, 2.24) is 44.9 Å². The lowest BCUT2D eigenvalue weighted by Crippen LogP contribution is -2.15. The molecular weight excluding hydrogens is 1740 g/mol. The molecule has 0 aliphatic heterocycles. The van der Waals surface area contributed by atoms with Crippen LogP contribution in [0.5, 0.6) is 0 Å². The highest BCUT2D eigenvalue weighted by atomic mass is 16.3. The highest BCUT2D eigenvalue weighted by Crippen LogP contribution is 2.57. The normalized spacial score (nSPS) is 13.9. The first-order chi connectivity index (χ1) is 69.3. The number of aromatic nitrogens is 9. The van der Waals surface area contributed by atoms with Gasteiger partial charge in [0, 0.05) is 115 Å². The Morgan fingerprint density at radius 3 is 0.690 bits per heavy atom. The van der Waals surface area contributed by atoms with E-state index in [1.165, 1.54) is 100.0 Å². The van der Waals surface area contributed by atoms with E-state index in [9.17, 15) is 0 Å². The van der Waals surface area contributed by atoms with Crippen molar-refractivity contribution < 1.29 is 17.7 Å². The van der Waals surface area contributed by atoms with Crippen molar-refractivity contribution in [2.24, 2.45) is 0 Å². The average molecular weight is 1830 g/mol. The fourth-order valence-electron chi connectivity index (χ4n) is 22.5. The van der Waals surface area contributed by atoms with Gasteiger partial charge in [-0.25, -0.2) is 44.9 Å². The van der Waals surface area contributed by atoms with Crippen molar-refractivity contribution >= 4 is 87.8 Å². The Labute approximate surface area is 818 Å². The maximum Gasteiger partial charge on any atom is 0.164 e. The lowest BCUT2D eigenvalue weighted by atomic mass is 9.81. The van der Waals surface area contributed by atoms with E-state index in [0.29, 0.717) is 52.4 Å². The van der Waals surface area contributed by atoms with Crippen molar-refractivity contribution in [2.45, 2.75) is 77.0 Å². The molecule has 0 unspecified atom stereocenters. The van der Waals surface area contributed by atoms with Crippen molar-refractivity contribution in [1.29, 1.82) is 0 Å². The second-order valence-electron chi connectivity index (χ2n) is 39.8. The zero-order valence-electron chi connectivity index (χ0n) is 79.2. The highest BCUT2D eigenvalue weighted by Gasteiger charge is 2.42. The molecule has 4 aliphatic rings. The molecule has 0 fully saturated rings. The molecule has 0 radical (unpaired) electrons. The Balaban J connectivity index is 0.000000107. The van der Waals surface area contributed by atoms with E-state index in [-0.39, 0.29) is 21.7 Å². The molecule has 674 valence electrons. The number of fused-ring (bicyclic) bond motifs is 24. The van der Waals surface area contributed by atoms with Crippen LogP contribution in [-0.4, -0.2) is 44.9 Å². The molecule has 25 aromatic rings. The molecule has 18 aromatic carbocycles. The van der Waals surface area contributed by atoms with Gasteiger partial charge in [-0.05, 0) is 203 Å². The number of hydrogen-bond donors (Lipinski definition) is 0. The topological polar surface area (TPSA) is 169 Å². The standard InChI is InChI=1S/C45H33N3O.C42H27N3O2.C42H29N3O/c1-44(2)35-16-10-8-14-29(35)30-20-18-27(22-36(30)44)42-46-41(26-12-6-5-7-13-26)47-43(48-42)28-19-21-31-33-25-40-34(32-15-9-11-17-39(32)49-40)24-38(33)45(3,4)37(31)23-28;1-42(2)33-21-26(16-18-27(33)30-23-38-32(22-34(30)42)29-13-7-9-15-36(29)47-38)41-44-39(24-10-4-3-5-11-24)43-40(45-41)25-17-19-37-31(20-25)28-12-6-8-14-35(28)46-37;1-42(2)35-23-30(21-22-31(35)33-25-38-34(24-36(33)42)32-15-9-10-16-37(32)46-38)26-17-19-29(20-18-26)41-44-39(27-11-5-3-6-12-27)43-40(45-41)28-13-7-4-8-14-28/h5-25H,1-4H3;3-23H,1-2H3;3-25H,1-2H3. The molecular formula is C129H89N9O4. The van der Waals surface area contributed by atoms with Gasteiger partial charge in [0.25, 0.3) is 0 Å². The van der Waals surface area contributed by atoms with Gasteiger partial charge in [-0.15, -0.1) is 0 Å². The number of benzene rings is 18. The Hall–Kier alpha value is -17.8. The van der Waals surface area contributed by atoms with E-state index in [2.05, 4.69) is 274 Å². The lowest BCUT2D eigenvalue weighted by Gasteiger charge is -2.22. The Kier molecular flexibility index (Phi) is 18.8. The van der Waals surface area contributed by atoms with Crippen LogP contribution in [0.2, 0.25) is 0 Å². The summed E-state index contributed by atoms with van der Waals surface area (Å²) in [6.45, 7) is 18.5. The van der Waals surface area contributed by atoms with Crippen LogP contribution in [0.3, 0.4) is 0 Å². The second kappa shape index (κ2) is 31.9. The van der Waals surface area contributed by atoms with E-state index in [1.807, 2.05) is 176 Å². The first kappa shape index (κ1) is 83.6. The summed E-state index contributed by atoms with van der Waals surface area (Å²) in [6.07, 6.45) is 0. The Bertz CT molecular complexity index is 9490. The van der Waals surface area contributed by atoms with Crippen molar-refractivity contribution in [3.8, 4) is 158 Å². The SMILES string of the molecule is CC1(C)c2cc(-c3ccc(-c4nc(-c5ccccc5)nc(-c5ccccc5)n4)cc3)ccc2-c2cc3oc4ccccc4c3cc21.CC1(C)c2cc(-c3nc(-c4ccccc4)nc(-c4ccc5oc6ccccc6c5c4)n3)ccc2-c2cc3oc4ccccc4c3cc21.CC1(C)c2ccccc2-c2ccc(-c3nc(-c4ccccc4)nc(-c4ccc5c(c4)C(C)(C)c4cc6c(cc4-5)oc4ccccc46)n3)cc21. The maximum absolute atomic E-state index is 6.30. The molecule has 7 heterocycles. The van der Waals surface area contributed by atoms with Gasteiger partial charge in [0.2, 0.25) is 0 Å². The van der Waals surface area contributed by atoms with Crippen LogP contribution < -0.4 is 0 Å². The van der Waals surface area contributed by atoms with Gasteiger partial charge in [-0.3, -0.25) is 0 Å². The molecule has 4 aliphatic carbocycles. The van der Waals surface area contributed by atoms with Crippen LogP contribution in [0.15, 0.2) is 412 Å². The zero-order chi connectivity index (χ0) is 95.2. The number of nitrogens with zero attached hydrogens (tertiary/aromatic N) is 9. The molecule has 0 saturated heterocycles. The predicted octanol–water partition coefficient (Wildman–Crippen LogP) is 33.1. The fraction of sp³-hybridized carbons (Fsp3) is 0.0930. The lowest BCUT2D eigenvalue weighted by molar-refractivity contribution is 0.657. The summed E-state index contributed by atoms with van der Waals surface area (Å²) >= 11 is 0. The van der Waals surface area contributed by atoms with Gasteiger partial charge < -0.3 is 17.7 Å². The first-order valence-electron chi connectivity index (χ1n) is 48.4. The smallest absolute Gasteiger partial charge is 0.164 e. The maximum atomic E-state index is 6.30. The van der Waals surface area contributed by atoms with E-state index >= 15 is 0 Å².